The van der Waals surface area contributed by atoms with Crippen LogP contribution in [0.5, 0.6) is 0 Å². The van der Waals surface area contributed by atoms with Crippen LogP contribution in [0.2, 0.25) is 0 Å². The molecule has 2 aromatic heterocycles. The first-order chi connectivity index (χ1) is 33.2. The molecule has 19 nitrogen and oxygen atoms in total. The molecular weight excluding hydrogens is 922 g/mol. The number of ether oxygens (including phenoxy) is 4. The van der Waals surface area contributed by atoms with E-state index in [0.29, 0.717) is 35.7 Å². The highest BCUT2D eigenvalue weighted by Crippen LogP contribution is 2.39. The number of oxime groups is 1. The average molecular weight is 1000 g/mol. The number of cyclic esters (lactones) is 1. The standard InChI is InChI=1S/C51H80FN7O12/c1-15-39-51(12,65)35(30(8)42(28(5)6)57-41(60)16-2)21-20-33(58-68-26-34-25-67-47(54-34)37-18-17-19-40(55-37)56-46(63)36(53)22-27(3)4)24-66-32(10)44(31(9)45(62)50(11,52)49(64)70-39)71-48-43(61)38(59(13)14)23-29(7)69-48/h17-19,25,27-32,35-36,38-39,43-44,48,61,65H,15-16,20-24,26,53H2,1-14H3,(H,55,56,63)/b57-42?,58-33+/t29-,30-,31-,32?,35-,36+,38+,39-,43-,44-,48+,50+,51+/m1/s1. The van der Waals surface area contributed by atoms with Crippen LogP contribution in [0, 0.1) is 29.6 Å². The first kappa shape index (κ1) is 59.0. The summed E-state index contributed by atoms with van der Waals surface area (Å²) in [5.74, 6) is -5.74. The molecule has 4 rings (SSSR count). The number of amides is 2. The molecule has 0 aromatic carbocycles. The van der Waals surface area contributed by atoms with Gasteiger partial charge in [0.25, 0.3) is 5.67 Å². The molecule has 2 amide bonds. The van der Waals surface area contributed by atoms with Crippen LogP contribution in [-0.2, 0) is 49.6 Å². The lowest BCUT2D eigenvalue weighted by molar-refractivity contribution is -0.283. The number of Topliss-reactive ketones (excluding diaryl/α,β-unsaturated/α-hetero) is 1. The minimum atomic E-state index is -3.22. The molecule has 0 bridgehead atoms. The molecule has 2 fully saturated rings. The van der Waals surface area contributed by atoms with E-state index >= 15 is 4.39 Å². The zero-order valence-corrected chi connectivity index (χ0v) is 44.1. The SMILES string of the molecule is CCC(=O)N=C(C(C)C)[C@H](C)[C@H]1CC/C(=N\OCc2coc(-c3cccc(NC(=O)[C@@H](N)CC(C)C)n3)n2)COC(C)[C@H](O[C@@H]2O[C@H](C)C[C@H](N(C)C)[C@H]2O)[C@@H](C)C(=O)[C@](C)(F)C(=O)O[C@H](CC)[C@@]1(C)O. The maximum atomic E-state index is 16.9. The molecule has 2 aromatic rings. The van der Waals surface area contributed by atoms with Crippen LogP contribution in [0.4, 0.5) is 10.2 Å². The van der Waals surface area contributed by atoms with Crippen molar-refractivity contribution in [2.45, 2.75) is 188 Å². The van der Waals surface area contributed by atoms with E-state index in [0.717, 1.165) is 6.92 Å². The van der Waals surface area contributed by atoms with E-state index < -0.39 is 77.5 Å². The van der Waals surface area contributed by atoms with Crippen LogP contribution >= 0.6 is 0 Å². The van der Waals surface area contributed by atoms with Crippen molar-refractivity contribution in [2.75, 3.05) is 26.0 Å². The van der Waals surface area contributed by atoms with E-state index in [1.807, 2.05) is 60.5 Å². The van der Waals surface area contributed by atoms with E-state index in [-0.39, 0.29) is 86.4 Å². The Kier molecular flexibility index (Phi) is 21.5. The van der Waals surface area contributed by atoms with Crippen LogP contribution in [0.15, 0.2) is 39.0 Å². The van der Waals surface area contributed by atoms with Crippen LogP contribution < -0.4 is 11.1 Å². The molecular formula is C51H80FN7O12. The smallest absolute Gasteiger partial charge is 0.351 e. The molecule has 13 atom stereocenters. The number of carbonyl (C=O) groups is 4. The number of carbonyl (C=O) groups excluding carboxylic acids is 4. The predicted molar refractivity (Wildman–Crippen MR) is 265 cm³/mol. The second kappa shape index (κ2) is 25.9. The Bertz CT molecular complexity index is 2160. The number of likely N-dealkylation sites (N-methyl/N-ethyl adjacent to an activating group) is 1. The second-order valence-electron chi connectivity index (χ2n) is 20.5. The van der Waals surface area contributed by atoms with E-state index in [2.05, 4.69) is 25.4 Å². The molecule has 4 heterocycles. The summed E-state index contributed by atoms with van der Waals surface area (Å²) < 4.78 is 47.4. The number of nitrogens with one attached hydrogen (secondary N) is 1. The molecule has 0 saturated carbocycles. The van der Waals surface area contributed by atoms with Gasteiger partial charge in [-0.2, -0.15) is 0 Å². The molecule has 2 aliphatic rings. The third kappa shape index (κ3) is 15.5. The molecule has 0 aliphatic carbocycles. The largest absolute Gasteiger partial charge is 0.457 e. The number of pyridine rings is 1. The van der Waals surface area contributed by atoms with Crippen molar-refractivity contribution in [1.82, 2.24) is 14.9 Å². The number of aliphatic hydroxyl groups is 2. The van der Waals surface area contributed by atoms with Gasteiger partial charge in [-0.1, -0.05) is 66.6 Å². The van der Waals surface area contributed by atoms with E-state index in [1.54, 1.807) is 39.0 Å². The van der Waals surface area contributed by atoms with Crippen LogP contribution in [0.25, 0.3) is 11.6 Å². The Balaban J connectivity index is 1.75. The first-order valence-electron chi connectivity index (χ1n) is 24.9. The zero-order chi connectivity index (χ0) is 53.1. The van der Waals surface area contributed by atoms with Gasteiger partial charge in [0.15, 0.2) is 18.7 Å². The lowest BCUT2D eigenvalue weighted by Crippen LogP contribution is -2.57. The normalized spacial score (nSPS) is 31.3. The topological polar surface area (TPSA) is 260 Å². The average Bonchev–Trinajstić information content (AvgIpc) is 3.78. The van der Waals surface area contributed by atoms with Gasteiger partial charge in [-0.3, -0.25) is 14.4 Å². The van der Waals surface area contributed by atoms with Crippen molar-refractivity contribution < 1.29 is 62.0 Å². The molecule has 398 valence electrons. The van der Waals surface area contributed by atoms with Crippen LogP contribution in [0.3, 0.4) is 0 Å². The van der Waals surface area contributed by atoms with E-state index in [9.17, 15) is 29.4 Å². The number of nitrogens with two attached hydrogens (primary N) is 1. The van der Waals surface area contributed by atoms with Crippen molar-refractivity contribution in [2.24, 2.45) is 45.5 Å². The van der Waals surface area contributed by atoms with E-state index in [4.69, 9.17) is 33.9 Å². The number of aliphatic imine (C=N–C) groups is 1. The number of halogens is 1. The third-order valence-electron chi connectivity index (χ3n) is 13.5. The highest BCUT2D eigenvalue weighted by atomic mass is 19.1. The van der Waals surface area contributed by atoms with Crippen molar-refractivity contribution in [1.29, 1.82) is 0 Å². The van der Waals surface area contributed by atoms with Gasteiger partial charge >= 0.3 is 5.97 Å². The number of aromatic nitrogens is 2. The molecule has 0 spiro atoms. The Morgan fingerprint density at radius 2 is 1.77 bits per heavy atom. The van der Waals surface area contributed by atoms with Crippen molar-refractivity contribution >= 4 is 40.8 Å². The lowest BCUT2D eigenvalue weighted by atomic mass is 9.70. The van der Waals surface area contributed by atoms with Gasteiger partial charge in [0, 0.05) is 30.0 Å². The monoisotopic (exact) mass is 1000 g/mol. The van der Waals surface area contributed by atoms with Gasteiger partial charge in [-0.15, -0.1) is 0 Å². The van der Waals surface area contributed by atoms with Crippen molar-refractivity contribution in [3.63, 3.8) is 0 Å². The molecule has 71 heavy (non-hydrogen) atoms. The number of ketones is 1. The van der Waals surface area contributed by atoms with E-state index in [1.165, 1.54) is 20.1 Å². The number of hydrogen-bond acceptors (Lipinski definition) is 17. The number of esters is 1. The quantitative estimate of drug-likeness (QED) is 0.0629. The summed E-state index contributed by atoms with van der Waals surface area (Å²) in [6.45, 7) is 19.7. The molecule has 20 heteroatoms. The highest BCUT2D eigenvalue weighted by Gasteiger charge is 2.53. The summed E-state index contributed by atoms with van der Waals surface area (Å²) in [4.78, 5) is 74.9. The van der Waals surface area contributed by atoms with Crippen LogP contribution in [0.1, 0.15) is 127 Å². The number of alkyl halides is 1. The maximum absolute atomic E-state index is 16.9. The second-order valence-corrected chi connectivity index (χ2v) is 20.5. The Morgan fingerprint density at radius 1 is 1.08 bits per heavy atom. The number of oxazole rings is 1. The van der Waals surface area contributed by atoms with Gasteiger partial charge in [-0.05, 0) is 104 Å². The third-order valence-corrected chi connectivity index (χ3v) is 13.5. The predicted octanol–water partition coefficient (Wildman–Crippen LogP) is 6.22. The van der Waals surface area contributed by atoms with Crippen molar-refractivity contribution in [3.05, 3.63) is 30.2 Å². The van der Waals surface area contributed by atoms with Crippen LogP contribution in [-0.4, -0.2) is 141 Å². The summed E-state index contributed by atoms with van der Waals surface area (Å²) in [6, 6.07) is 3.90. The minimum Gasteiger partial charge on any atom is -0.457 e. The molecule has 5 N–H and O–H groups in total. The summed E-state index contributed by atoms with van der Waals surface area (Å²) in [6.07, 6.45) is -3.59. The van der Waals surface area contributed by atoms with Gasteiger partial charge in [0.1, 0.15) is 41.3 Å². The summed E-state index contributed by atoms with van der Waals surface area (Å²) in [7, 11) is 3.63. The fourth-order valence-electron chi connectivity index (χ4n) is 9.38. The molecule has 2 aliphatic heterocycles. The Labute approximate surface area is 418 Å². The fraction of sp³-hybridized carbons (Fsp3) is 0.725. The van der Waals surface area contributed by atoms with Gasteiger partial charge in [0.05, 0.1) is 36.7 Å². The Morgan fingerprint density at radius 3 is 2.39 bits per heavy atom. The first-order valence-corrected chi connectivity index (χ1v) is 24.9. The molecule has 1 unspecified atom stereocenters. The number of rotatable bonds is 16. The summed E-state index contributed by atoms with van der Waals surface area (Å²) in [5.41, 5.74) is 2.50. The van der Waals surface area contributed by atoms with Crippen molar-refractivity contribution in [3.8, 4) is 11.6 Å². The maximum Gasteiger partial charge on any atom is 0.351 e. The summed E-state index contributed by atoms with van der Waals surface area (Å²) >= 11 is 0. The Hall–Kier alpha value is -4.57. The number of aliphatic hydroxyl groups excluding tert-OH is 1. The van der Waals surface area contributed by atoms with Gasteiger partial charge in [-0.25, -0.2) is 24.1 Å². The zero-order valence-electron chi connectivity index (χ0n) is 44.1. The number of anilines is 1. The highest BCUT2D eigenvalue weighted by molar-refractivity contribution is 6.08. The number of hydrogen-bond donors (Lipinski definition) is 4. The fourth-order valence-corrected chi connectivity index (χ4v) is 9.38. The van der Waals surface area contributed by atoms with Gasteiger partial charge < -0.3 is 54.4 Å². The lowest BCUT2D eigenvalue weighted by Gasteiger charge is -2.43. The molecule has 0 radical (unpaired) electrons. The molecule has 2 saturated heterocycles. The number of nitrogens with zero attached hydrogens (tertiary/aromatic N) is 5. The minimum absolute atomic E-state index is 0.0303. The van der Waals surface area contributed by atoms with Gasteiger partial charge in [0.2, 0.25) is 17.7 Å². The summed E-state index contributed by atoms with van der Waals surface area (Å²) in [5, 5.41) is 31.3.